The molecule has 282 valence electrons. The fraction of sp³-hybridized carbons (Fsp3) is 0.408. The Morgan fingerprint density at radius 3 is 2.37 bits per heavy atom. The molecule has 1 aliphatic heterocycles. The highest BCUT2D eigenvalue weighted by molar-refractivity contribution is 5.78. The third-order valence-corrected chi connectivity index (χ3v) is 11.8. The number of pyridine rings is 1. The summed E-state index contributed by atoms with van der Waals surface area (Å²) >= 11 is 0. The third kappa shape index (κ3) is 8.62. The standard InChI is InChI=1S/C49H59N3O2/c1-6-12-39-28-40(27-37(8-3)45(39)13-7-2)42-25-36(31-50-32-42)24-34-16-20-44(21-17-34)52(43-14-10-9-11-15-43)33-35-22-23-51-47(26-35)41-29-46(38-18-19-38)49(54-5)48(30-41)53-4/h8-11,14-15,22-23,25-30,32,34,38,44,50H,3,6-7,12-13,16-21,24,31,33H2,1-2,4-5H3. The number of benzene rings is 3. The molecule has 0 unspecified atom stereocenters. The highest BCUT2D eigenvalue weighted by atomic mass is 16.5. The van der Waals surface area contributed by atoms with Crippen LogP contribution in [0.15, 0.2) is 97.4 Å². The van der Waals surface area contributed by atoms with Crippen molar-refractivity contribution in [1.29, 1.82) is 0 Å². The first-order valence-corrected chi connectivity index (χ1v) is 20.5. The second kappa shape index (κ2) is 17.6. The minimum absolute atomic E-state index is 0.493. The number of nitrogens with one attached hydrogen (secondary N) is 1. The number of aryl methyl sites for hydroxylation is 1. The maximum atomic E-state index is 5.79. The summed E-state index contributed by atoms with van der Waals surface area (Å²) in [6, 6.07) is 25.1. The van der Waals surface area contributed by atoms with Gasteiger partial charge in [0.15, 0.2) is 11.5 Å². The van der Waals surface area contributed by atoms with E-state index in [0.29, 0.717) is 17.9 Å². The lowest BCUT2D eigenvalue weighted by Crippen LogP contribution is -2.38. The highest BCUT2D eigenvalue weighted by Crippen LogP contribution is 2.49. The van der Waals surface area contributed by atoms with Crippen molar-refractivity contribution >= 4 is 17.3 Å². The van der Waals surface area contributed by atoms with E-state index < -0.39 is 0 Å². The minimum Gasteiger partial charge on any atom is -0.493 e. The molecule has 1 N–H and O–H groups in total. The van der Waals surface area contributed by atoms with Crippen molar-refractivity contribution in [2.24, 2.45) is 5.92 Å². The molecule has 0 spiro atoms. The number of allylic oxidation sites excluding steroid dienone is 2. The van der Waals surface area contributed by atoms with Crippen LogP contribution in [0.3, 0.4) is 0 Å². The van der Waals surface area contributed by atoms with Crippen LogP contribution < -0.4 is 19.7 Å². The van der Waals surface area contributed by atoms with Gasteiger partial charge in [0.1, 0.15) is 0 Å². The fourth-order valence-electron chi connectivity index (χ4n) is 8.90. The van der Waals surface area contributed by atoms with Crippen molar-refractivity contribution in [3.63, 3.8) is 0 Å². The first-order valence-electron chi connectivity index (χ1n) is 20.5. The Hall–Kier alpha value is -4.77. The van der Waals surface area contributed by atoms with Crippen molar-refractivity contribution in [2.45, 2.75) is 103 Å². The van der Waals surface area contributed by atoms with Crippen molar-refractivity contribution in [3.05, 3.63) is 131 Å². The van der Waals surface area contributed by atoms with Crippen LogP contribution in [0.4, 0.5) is 5.69 Å². The molecule has 1 aromatic heterocycles. The molecule has 0 atom stereocenters. The molecular formula is C49H59N3O2. The van der Waals surface area contributed by atoms with Crippen LogP contribution in [0.2, 0.25) is 0 Å². The van der Waals surface area contributed by atoms with Gasteiger partial charge in [-0.25, -0.2) is 0 Å². The number of hydrogen-bond donors (Lipinski definition) is 1. The van der Waals surface area contributed by atoms with E-state index in [1.807, 2.05) is 6.20 Å². The quantitative estimate of drug-likeness (QED) is 0.125. The molecule has 4 aromatic rings. The zero-order chi connectivity index (χ0) is 37.4. The van der Waals surface area contributed by atoms with Gasteiger partial charge < -0.3 is 19.7 Å². The van der Waals surface area contributed by atoms with Gasteiger partial charge in [-0.1, -0.05) is 75.3 Å². The first-order chi connectivity index (χ1) is 26.5. The van der Waals surface area contributed by atoms with Gasteiger partial charge >= 0.3 is 0 Å². The smallest absolute Gasteiger partial charge is 0.164 e. The molecule has 0 radical (unpaired) electrons. The van der Waals surface area contributed by atoms with E-state index in [1.54, 1.807) is 14.2 Å². The summed E-state index contributed by atoms with van der Waals surface area (Å²) in [6.07, 6.45) is 21.7. The number of rotatable bonds is 16. The normalized spacial score (nSPS) is 18.3. The van der Waals surface area contributed by atoms with Gasteiger partial charge in [0.25, 0.3) is 0 Å². The van der Waals surface area contributed by atoms with Crippen LogP contribution in [0.5, 0.6) is 11.5 Å². The first kappa shape index (κ1) is 37.5. The maximum absolute atomic E-state index is 5.79. The van der Waals surface area contributed by atoms with Crippen LogP contribution in [-0.4, -0.2) is 31.8 Å². The van der Waals surface area contributed by atoms with Crippen molar-refractivity contribution in [2.75, 3.05) is 25.7 Å². The summed E-state index contributed by atoms with van der Waals surface area (Å²) in [5.74, 6) is 2.88. The number of anilines is 1. The van der Waals surface area contributed by atoms with Crippen molar-refractivity contribution in [1.82, 2.24) is 10.3 Å². The van der Waals surface area contributed by atoms with E-state index in [1.165, 1.54) is 88.7 Å². The third-order valence-electron chi connectivity index (χ3n) is 11.8. The predicted molar refractivity (Wildman–Crippen MR) is 226 cm³/mol. The summed E-state index contributed by atoms with van der Waals surface area (Å²) in [4.78, 5) is 7.49. The van der Waals surface area contributed by atoms with E-state index in [2.05, 4.69) is 116 Å². The number of para-hydroxylation sites is 1. The number of aromatic nitrogens is 1. The monoisotopic (exact) mass is 721 g/mol. The van der Waals surface area contributed by atoms with Gasteiger partial charge in [0.2, 0.25) is 0 Å². The number of methoxy groups -OCH3 is 2. The Labute approximate surface area is 324 Å². The second-order valence-electron chi connectivity index (χ2n) is 15.7. The molecule has 0 saturated heterocycles. The molecule has 0 bridgehead atoms. The van der Waals surface area contributed by atoms with Gasteiger partial charge in [-0.15, -0.1) is 0 Å². The zero-order valence-electron chi connectivity index (χ0n) is 33.0. The maximum Gasteiger partial charge on any atom is 0.164 e. The molecule has 3 aliphatic rings. The molecule has 2 saturated carbocycles. The summed E-state index contributed by atoms with van der Waals surface area (Å²) < 4.78 is 11.6. The molecule has 0 amide bonds. The fourth-order valence-corrected chi connectivity index (χ4v) is 8.90. The van der Waals surface area contributed by atoms with Gasteiger partial charge in [0, 0.05) is 48.3 Å². The van der Waals surface area contributed by atoms with Gasteiger partial charge in [-0.3, -0.25) is 4.98 Å². The summed E-state index contributed by atoms with van der Waals surface area (Å²) in [5, 5.41) is 3.63. The molecule has 5 heteroatoms. The van der Waals surface area contributed by atoms with E-state index >= 15 is 0 Å². The molecule has 3 aromatic carbocycles. The molecular weight excluding hydrogens is 663 g/mol. The molecule has 2 heterocycles. The van der Waals surface area contributed by atoms with E-state index in [0.717, 1.165) is 68.0 Å². The Morgan fingerprint density at radius 2 is 1.67 bits per heavy atom. The minimum atomic E-state index is 0.493. The lowest BCUT2D eigenvalue weighted by atomic mass is 9.80. The summed E-state index contributed by atoms with van der Waals surface area (Å²) in [6.45, 7) is 10.5. The van der Waals surface area contributed by atoms with Gasteiger partial charge in [-0.2, -0.15) is 0 Å². The van der Waals surface area contributed by atoms with Crippen LogP contribution in [0, 0.1) is 5.92 Å². The van der Waals surface area contributed by atoms with Gasteiger partial charge in [-0.05, 0) is 145 Å². The van der Waals surface area contributed by atoms with Gasteiger partial charge in [0.05, 0.1) is 19.9 Å². The average molecular weight is 722 g/mol. The Bertz CT molecular complexity index is 1970. The van der Waals surface area contributed by atoms with Crippen LogP contribution >= 0.6 is 0 Å². The Balaban J connectivity index is 1.05. The summed E-state index contributed by atoms with van der Waals surface area (Å²) in [5.41, 5.74) is 14.3. The van der Waals surface area contributed by atoms with Crippen LogP contribution in [0.1, 0.15) is 111 Å². The van der Waals surface area contributed by atoms with E-state index in [9.17, 15) is 0 Å². The largest absolute Gasteiger partial charge is 0.493 e. The molecule has 2 fully saturated rings. The van der Waals surface area contributed by atoms with Crippen LogP contribution in [-0.2, 0) is 19.4 Å². The molecule has 2 aliphatic carbocycles. The number of nitrogens with zero attached hydrogens (tertiary/aromatic N) is 2. The topological polar surface area (TPSA) is 46.6 Å². The molecule has 5 nitrogen and oxygen atoms in total. The number of ether oxygens (including phenoxy) is 2. The average Bonchev–Trinajstić information content (AvgIpc) is 4.07. The number of hydrogen-bond acceptors (Lipinski definition) is 5. The van der Waals surface area contributed by atoms with E-state index in [-0.39, 0.29) is 0 Å². The lowest BCUT2D eigenvalue weighted by Gasteiger charge is -2.39. The van der Waals surface area contributed by atoms with E-state index in [4.69, 9.17) is 14.5 Å². The summed E-state index contributed by atoms with van der Waals surface area (Å²) in [7, 11) is 3.46. The number of dihydropyridines is 1. The zero-order valence-corrected chi connectivity index (χ0v) is 33.0. The highest BCUT2D eigenvalue weighted by Gasteiger charge is 2.30. The Morgan fingerprint density at radius 1 is 0.870 bits per heavy atom. The molecule has 7 rings (SSSR count). The van der Waals surface area contributed by atoms with Crippen LogP contribution in [0.25, 0.3) is 22.9 Å². The van der Waals surface area contributed by atoms with Crippen molar-refractivity contribution < 1.29 is 9.47 Å². The lowest BCUT2D eigenvalue weighted by molar-refractivity contribution is 0.311. The molecule has 54 heavy (non-hydrogen) atoms. The SMILES string of the molecule is C=Cc1cc(C2=CNCC(CC3CCC(N(Cc4ccnc(-c5cc(OC)c(OC)c(C6CC6)c5)c4)c4ccccc4)CC3)=C2)cc(CCC)c1CCC. The second-order valence-corrected chi connectivity index (χ2v) is 15.7. The Kier molecular flexibility index (Phi) is 12.2. The van der Waals surface area contributed by atoms with Crippen molar-refractivity contribution in [3.8, 4) is 22.8 Å². The predicted octanol–water partition coefficient (Wildman–Crippen LogP) is 11.7.